The number of carboxylic acids is 1. The summed E-state index contributed by atoms with van der Waals surface area (Å²) in [4.78, 5) is 11.7. The van der Waals surface area contributed by atoms with Crippen molar-refractivity contribution >= 4 is 75.0 Å². The van der Waals surface area contributed by atoms with Crippen molar-refractivity contribution < 1.29 is 59.6 Å². The summed E-state index contributed by atoms with van der Waals surface area (Å²) in [5, 5.41) is 95.5. The Bertz CT molecular complexity index is 2030. The predicted molar refractivity (Wildman–Crippen MR) is 170 cm³/mol. The van der Waals surface area contributed by atoms with Gasteiger partial charge in [0.25, 0.3) is 0 Å². The van der Waals surface area contributed by atoms with Crippen LogP contribution in [-0.4, -0.2) is 42.0 Å². The van der Waals surface area contributed by atoms with Gasteiger partial charge < -0.3 is 30.8 Å². The molecular weight excluding hydrogens is 674 g/mol. The third kappa shape index (κ3) is 8.06. The summed E-state index contributed by atoms with van der Waals surface area (Å²) in [6, 6.07) is 18.7. The highest BCUT2D eigenvalue weighted by molar-refractivity contribution is 7.94. The van der Waals surface area contributed by atoms with Crippen LogP contribution < -0.4 is 5.32 Å². The minimum Gasteiger partial charge on any atom is -0.506 e. The van der Waals surface area contributed by atoms with Gasteiger partial charge in [-0.05, 0) is 66.0 Å². The predicted octanol–water partition coefficient (Wildman–Crippen LogP) is 8.79. The number of nitrogens with one attached hydrogen (secondary N) is 1. The molecule has 5 aromatic carbocycles. The number of hydrogen-bond donors (Lipinski definition) is 8. The number of rotatable bonds is 13. The highest BCUT2D eigenvalue weighted by Crippen LogP contribution is 2.46. The summed E-state index contributed by atoms with van der Waals surface area (Å²) in [5.74, 6) is -2.66. The summed E-state index contributed by atoms with van der Waals surface area (Å²) < 4.78 is 8.89. The van der Waals surface area contributed by atoms with Gasteiger partial charge in [-0.3, -0.25) is 0 Å². The fourth-order valence-electron chi connectivity index (χ4n) is 4.11. The van der Waals surface area contributed by atoms with Gasteiger partial charge in [0.2, 0.25) is 0 Å². The van der Waals surface area contributed by atoms with E-state index in [0.717, 1.165) is 12.1 Å². The molecule has 5 rings (SSSR count). The number of phenolic OH excluding ortho intramolecular Hbond substituents is 4. The van der Waals surface area contributed by atoms with Gasteiger partial charge in [-0.1, -0.05) is 16.1 Å². The zero-order valence-corrected chi connectivity index (χ0v) is 25.4. The number of carbonyl (C=O) groups is 1. The standard InChI is InChI=1S/C29H21N5O12S2/c35-23-8-7-18(47-45-43-41)11-20(23)31-32-21-12-25(37)22(13-24(21)36)33-34-27-26(48-46-44-42)9-15-3-6-17(10-19(15)28(27)38)30-16-4-1-14(2-5-16)29(39)40/h1-13,30,35-38,41-42H,(H,39,40). The van der Waals surface area contributed by atoms with Crippen LogP contribution in [0.25, 0.3) is 10.8 Å². The number of benzene rings is 5. The van der Waals surface area contributed by atoms with Crippen molar-refractivity contribution in [2.45, 2.75) is 9.79 Å². The van der Waals surface area contributed by atoms with Crippen LogP contribution in [0.5, 0.6) is 23.0 Å². The largest absolute Gasteiger partial charge is 0.506 e. The average molecular weight is 696 g/mol. The minimum atomic E-state index is -1.06. The Morgan fingerprint density at radius 3 is 1.90 bits per heavy atom. The van der Waals surface area contributed by atoms with E-state index in [1.54, 1.807) is 36.4 Å². The molecule has 0 saturated carbocycles. The van der Waals surface area contributed by atoms with Crippen molar-refractivity contribution in [1.82, 2.24) is 0 Å². The Morgan fingerprint density at radius 2 is 1.25 bits per heavy atom. The molecule has 0 amide bonds. The first-order valence-corrected chi connectivity index (χ1v) is 14.6. The SMILES string of the molecule is O=C(O)c1ccc(Nc2ccc3cc(SOOO)c(N=Nc4cc(O)c(N=Nc5cc(SOOO)ccc5O)cc4O)c(O)c3c2)cc1. The number of hydrogen-bond acceptors (Lipinski definition) is 18. The fourth-order valence-corrected chi connectivity index (χ4v) is 5.00. The highest BCUT2D eigenvalue weighted by atomic mass is 32.2. The molecule has 17 nitrogen and oxygen atoms in total. The van der Waals surface area contributed by atoms with E-state index in [4.69, 9.17) is 15.6 Å². The third-order valence-electron chi connectivity index (χ3n) is 6.33. The van der Waals surface area contributed by atoms with E-state index in [-0.39, 0.29) is 44.7 Å². The second kappa shape index (κ2) is 15.4. The quantitative estimate of drug-likeness (QED) is 0.0188. The molecular formula is C29H21N5O12S2. The second-order valence-corrected chi connectivity index (χ2v) is 10.9. The number of anilines is 2. The molecule has 0 saturated heterocycles. The maximum Gasteiger partial charge on any atom is 0.335 e. The third-order valence-corrected chi connectivity index (χ3v) is 7.52. The maximum atomic E-state index is 11.2. The van der Waals surface area contributed by atoms with Gasteiger partial charge in [0.1, 0.15) is 40.0 Å². The molecule has 0 radical (unpaired) electrons. The van der Waals surface area contributed by atoms with Gasteiger partial charge >= 0.3 is 5.97 Å². The molecule has 0 spiro atoms. The van der Waals surface area contributed by atoms with Crippen molar-refractivity contribution in [3.8, 4) is 23.0 Å². The van der Waals surface area contributed by atoms with E-state index in [1.165, 1.54) is 30.3 Å². The van der Waals surface area contributed by atoms with Crippen LogP contribution in [0, 0.1) is 0 Å². The number of phenols is 4. The summed E-state index contributed by atoms with van der Waals surface area (Å²) >= 11 is 1.13. The van der Waals surface area contributed by atoms with E-state index in [9.17, 15) is 25.2 Å². The lowest BCUT2D eigenvalue weighted by Gasteiger charge is -2.12. The van der Waals surface area contributed by atoms with E-state index in [2.05, 4.69) is 44.5 Å². The molecule has 8 N–H and O–H groups in total. The van der Waals surface area contributed by atoms with E-state index >= 15 is 0 Å². The molecule has 0 aromatic heterocycles. The Kier molecular flexibility index (Phi) is 10.8. The molecule has 246 valence electrons. The normalized spacial score (nSPS) is 11.5. The lowest BCUT2D eigenvalue weighted by molar-refractivity contribution is -0.432. The highest BCUT2D eigenvalue weighted by Gasteiger charge is 2.17. The fraction of sp³-hybridized carbons (Fsp3) is 0. The van der Waals surface area contributed by atoms with Crippen molar-refractivity contribution in [1.29, 1.82) is 0 Å². The zero-order chi connectivity index (χ0) is 34.2. The molecule has 0 heterocycles. The summed E-state index contributed by atoms with van der Waals surface area (Å²) in [6.45, 7) is 0. The van der Waals surface area contributed by atoms with Gasteiger partial charge in [-0.2, -0.15) is 0 Å². The van der Waals surface area contributed by atoms with Crippen LogP contribution >= 0.6 is 24.1 Å². The van der Waals surface area contributed by atoms with Gasteiger partial charge in [0.05, 0.1) is 34.5 Å². The zero-order valence-electron chi connectivity index (χ0n) is 23.8. The topological polar surface area (TPSA) is 257 Å². The maximum absolute atomic E-state index is 11.2. The molecule has 19 heteroatoms. The first-order valence-electron chi connectivity index (χ1n) is 13.1. The minimum absolute atomic E-state index is 0.0375. The first kappa shape index (κ1) is 33.8. The van der Waals surface area contributed by atoms with Gasteiger partial charge in [-0.15, -0.1) is 29.1 Å². The van der Waals surface area contributed by atoms with Crippen LogP contribution in [-0.2, 0) is 18.7 Å². The van der Waals surface area contributed by atoms with Gasteiger partial charge in [0, 0.05) is 33.8 Å². The van der Waals surface area contributed by atoms with E-state index in [0.29, 0.717) is 51.1 Å². The van der Waals surface area contributed by atoms with Crippen molar-refractivity contribution in [3.63, 3.8) is 0 Å². The van der Waals surface area contributed by atoms with E-state index < -0.39 is 17.5 Å². The Balaban J connectivity index is 1.44. The molecule has 0 aliphatic carbocycles. The summed E-state index contributed by atoms with van der Waals surface area (Å²) in [6.07, 6.45) is 0. The van der Waals surface area contributed by atoms with Crippen LogP contribution in [0.3, 0.4) is 0 Å². The molecule has 48 heavy (non-hydrogen) atoms. The van der Waals surface area contributed by atoms with Crippen LogP contribution in [0.2, 0.25) is 0 Å². The first-order chi connectivity index (χ1) is 23.2. The van der Waals surface area contributed by atoms with Crippen molar-refractivity contribution in [2.75, 3.05) is 5.32 Å². The Morgan fingerprint density at radius 1 is 0.646 bits per heavy atom. The van der Waals surface area contributed by atoms with Gasteiger partial charge in [0.15, 0.2) is 5.75 Å². The number of fused-ring (bicyclic) bond motifs is 1. The lowest BCUT2D eigenvalue weighted by atomic mass is 10.1. The molecule has 5 aromatic rings. The summed E-state index contributed by atoms with van der Waals surface area (Å²) in [7, 11) is 0. The lowest BCUT2D eigenvalue weighted by Crippen LogP contribution is -1.96. The van der Waals surface area contributed by atoms with Crippen LogP contribution in [0.1, 0.15) is 10.4 Å². The molecule has 0 atom stereocenters. The molecule has 0 aliphatic heterocycles. The smallest absolute Gasteiger partial charge is 0.335 e. The Labute approximate surface area is 277 Å². The van der Waals surface area contributed by atoms with E-state index in [1.807, 2.05) is 0 Å². The molecule has 0 aliphatic rings. The molecule has 0 unspecified atom stereocenters. The number of azo groups is 2. The van der Waals surface area contributed by atoms with Crippen molar-refractivity contribution in [2.24, 2.45) is 20.5 Å². The summed E-state index contributed by atoms with van der Waals surface area (Å²) in [5.41, 5.74) is 0.622. The number of nitrogens with zero attached hydrogens (tertiary/aromatic N) is 4. The van der Waals surface area contributed by atoms with Crippen LogP contribution in [0.15, 0.2) is 109 Å². The average Bonchev–Trinajstić information content (AvgIpc) is 3.08. The Hall–Kier alpha value is -5.51. The van der Waals surface area contributed by atoms with Crippen LogP contribution in [0.4, 0.5) is 34.1 Å². The van der Waals surface area contributed by atoms with Crippen molar-refractivity contribution in [3.05, 3.63) is 84.4 Å². The number of aromatic hydroxyl groups is 4. The monoisotopic (exact) mass is 695 g/mol. The molecule has 0 fully saturated rings. The number of carboxylic acid groups (broad SMARTS) is 1. The second-order valence-electron chi connectivity index (χ2n) is 9.35. The molecule has 0 bridgehead atoms. The number of aromatic carboxylic acids is 1. The van der Waals surface area contributed by atoms with Gasteiger partial charge in [-0.25, -0.2) is 15.3 Å².